The van der Waals surface area contributed by atoms with E-state index in [9.17, 15) is 0 Å². The van der Waals surface area contributed by atoms with E-state index in [1.807, 2.05) is 0 Å². The Hall–Kier alpha value is -0.820. The summed E-state index contributed by atoms with van der Waals surface area (Å²) in [6.45, 7) is 4.67. The van der Waals surface area contributed by atoms with E-state index in [1.54, 1.807) is 0 Å². The Morgan fingerprint density at radius 2 is 1.72 bits per heavy atom. The van der Waals surface area contributed by atoms with Crippen LogP contribution in [-0.4, -0.2) is 7.05 Å². The average molecular weight is 245 g/mol. The summed E-state index contributed by atoms with van der Waals surface area (Å²) in [6.07, 6.45) is 8.04. The highest BCUT2D eigenvalue weighted by atomic mass is 14.9. The first-order chi connectivity index (χ1) is 8.69. The Balaban J connectivity index is 2.20. The summed E-state index contributed by atoms with van der Waals surface area (Å²) in [5, 5.41) is 3.57. The molecule has 1 unspecified atom stereocenters. The minimum absolute atomic E-state index is 0.431. The second-order valence-corrected chi connectivity index (χ2v) is 6.03. The summed E-state index contributed by atoms with van der Waals surface area (Å²) in [7, 11) is 2.11. The van der Waals surface area contributed by atoms with Gasteiger partial charge < -0.3 is 5.32 Å². The maximum Gasteiger partial charge on any atom is 0.0372 e. The van der Waals surface area contributed by atoms with Crippen molar-refractivity contribution < 1.29 is 0 Å². The van der Waals surface area contributed by atoms with E-state index in [0.717, 1.165) is 6.42 Å². The van der Waals surface area contributed by atoms with Crippen molar-refractivity contribution >= 4 is 0 Å². The first kappa shape index (κ1) is 13.6. The van der Waals surface area contributed by atoms with Crippen LogP contribution in [0.15, 0.2) is 24.3 Å². The lowest BCUT2D eigenvalue weighted by Crippen LogP contribution is -2.36. The molecule has 1 nitrogen and oxygen atoms in total. The standard InChI is InChI=1S/C17H27N/c1-4-14-8-10-15(11-9-14)16(18-3)17(2)12-6-5-7-13-17/h8-11,16,18H,4-7,12-13H2,1-3H3. The molecule has 0 spiro atoms. The third kappa shape index (κ3) is 2.77. The minimum atomic E-state index is 0.431. The van der Waals surface area contributed by atoms with E-state index in [4.69, 9.17) is 0 Å². The zero-order chi connectivity index (χ0) is 13.0. The Morgan fingerprint density at radius 1 is 1.11 bits per heavy atom. The summed E-state index contributed by atoms with van der Waals surface area (Å²) in [5.74, 6) is 0. The molecule has 100 valence electrons. The molecule has 1 heteroatoms. The van der Waals surface area contributed by atoms with Crippen molar-refractivity contribution in [3.63, 3.8) is 0 Å². The molecule has 0 amide bonds. The topological polar surface area (TPSA) is 12.0 Å². The lowest BCUT2D eigenvalue weighted by atomic mass is 9.68. The van der Waals surface area contributed by atoms with Crippen LogP contribution in [-0.2, 0) is 6.42 Å². The molecule has 1 aliphatic carbocycles. The Bertz CT molecular complexity index is 360. The molecule has 1 N–H and O–H groups in total. The highest BCUT2D eigenvalue weighted by Gasteiger charge is 2.35. The molecule has 1 saturated carbocycles. The van der Waals surface area contributed by atoms with Gasteiger partial charge in [0.2, 0.25) is 0 Å². The molecule has 2 rings (SSSR count). The fourth-order valence-electron chi connectivity index (χ4n) is 3.51. The van der Waals surface area contributed by atoms with Crippen molar-refractivity contribution in [3.05, 3.63) is 35.4 Å². The molecule has 1 fully saturated rings. The zero-order valence-electron chi connectivity index (χ0n) is 12.1. The van der Waals surface area contributed by atoms with Crippen LogP contribution < -0.4 is 5.32 Å². The number of rotatable bonds is 4. The fourth-order valence-corrected chi connectivity index (χ4v) is 3.51. The monoisotopic (exact) mass is 245 g/mol. The highest BCUT2D eigenvalue weighted by molar-refractivity contribution is 5.26. The quantitative estimate of drug-likeness (QED) is 0.824. The maximum atomic E-state index is 3.57. The molecule has 0 heterocycles. The van der Waals surface area contributed by atoms with E-state index in [2.05, 4.69) is 50.5 Å². The van der Waals surface area contributed by atoms with Gasteiger partial charge in [0, 0.05) is 6.04 Å². The van der Waals surface area contributed by atoms with Gasteiger partial charge in [-0.2, -0.15) is 0 Å². The Labute approximate surface area is 112 Å². The van der Waals surface area contributed by atoms with Crippen molar-refractivity contribution in [1.29, 1.82) is 0 Å². The van der Waals surface area contributed by atoms with Crippen molar-refractivity contribution in [2.45, 2.75) is 58.4 Å². The van der Waals surface area contributed by atoms with Crippen molar-refractivity contribution in [3.8, 4) is 0 Å². The first-order valence-electron chi connectivity index (χ1n) is 7.46. The SMILES string of the molecule is CCc1ccc(C(NC)C2(C)CCCCC2)cc1. The van der Waals surface area contributed by atoms with Gasteiger partial charge in [0.05, 0.1) is 0 Å². The van der Waals surface area contributed by atoms with Gasteiger partial charge in [0.25, 0.3) is 0 Å². The molecule has 1 aliphatic rings. The summed E-state index contributed by atoms with van der Waals surface area (Å²) in [4.78, 5) is 0. The normalized spacial score (nSPS) is 20.6. The molecular formula is C17H27N. The third-order valence-electron chi connectivity index (χ3n) is 4.70. The van der Waals surface area contributed by atoms with Gasteiger partial charge in [0.15, 0.2) is 0 Å². The molecular weight excluding hydrogens is 218 g/mol. The lowest BCUT2D eigenvalue weighted by Gasteiger charge is -2.41. The van der Waals surface area contributed by atoms with Crippen LogP contribution in [0.1, 0.15) is 63.1 Å². The van der Waals surface area contributed by atoms with E-state index in [1.165, 1.54) is 43.2 Å². The summed E-state index contributed by atoms with van der Waals surface area (Å²) in [5.41, 5.74) is 3.32. The molecule has 1 atom stereocenters. The number of benzene rings is 1. The van der Waals surface area contributed by atoms with Gasteiger partial charge in [-0.25, -0.2) is 0 Å². The second kappa shape index (κ2) is 5.88. The highest BCUT2D eigenvalue weighted by Crippen LogP contribution is 2.45. The molecule has 0 radical (unpaired) electrons. The van der Waals surface area contributed by atoms with Gasteiger partial charge in [-0.15, -0.1) is 0 Å². The predicted octanol–water partition coefficient (Wildman–Crippen LogP) is 4.48. The number of hydrogen-bond donors (Lipinski definition) is 1. The molecule has 0 saturated heterocycles. The predicted molar refractivity (Wildman–Crippen MR) is 78.8 cm³/mol. The molecule has 0 aromatic heterocycles. The summed E-state index contributed by atoms with van der Waals surface area (Å²) >= 11 is 0. The van der Waals surface area contributed by atoms with Crippen LogP contribution >= 0.6 is 0 Å². The first-order valence-corrected chi connectivity index (χ1v) is 7.46. The van der Waals surface area contributed by atoms with Crippen LogP contribution in [0.25, 0.3) is 0 Å². The summed E-state index contributed by atoms with van der Waals surface area (Å²) < 4.78 is 0. The third-order valence-corrected chi connectivity index (χ3v) is 4.70. The molecule has 0 bridgehead atoms. The molecule has 0 aliphatic heterocycles. The fraction of sp³-hybridized carbons (Fsp3) is 0.647. The zero-order valence-corrected chi connectivity index (χ0v) is 12.1. The average Bonchev–Trinajstić information content (AvgIpc) is 2.41. The van der Waals surface area contributed by atoms with Crippen molar-refractivity contribution in [1.82, 2.24) is 5.32 Å². The van der Waals surface area contributed by atoms with Gasteiger partial charge >= 0.3 is 0 Å². The Kier molecular flexibility index (Phi) is 4.45. The lowest BCUT2D eigenvalue weighted by molar-refractivity contribution is 0.150. The van der Waals surface area contributed by atoms with Crippen LogP contribution in [0.3, 0.4) is 0 Å². The van der Waals surface area contributed by atoms with Gasteiger partial charge in [-0.05, 0) is 42.9 Å². The molecule has 18 heavy (non-hydrogen) atoms. The summed E-state index contributed by atoms with van der Waals surface area (Å²) in [6, 6.07) is 9.71. The van der Waals surface area contributed by atoms with Gasteiger partial charge in [-0.1, -0.05) is 57.4 Å². The second-order valence-electron chi connectivity index (χ2n) is 6.03. The van der Waals surface area contributed by atoms with Crippen LogP contribution in [0.2, 0.25) is 0 Å². The minimum Gasteiger partial charge on any atom is -0.313 e. The van der Waals surface area contributed by atoms with Crippen molar-refractivity contribution in [2.75, 3.05) is 7.05 Å². The van der Waals surface area contributed by atoms with Gasteiger partial charge in [-0.3, -0.25) is 0 Å². The number of aryl methyl sites for hydroxylation is 1. The number of nitrogens with one attached hydrogen (secondary N) is 1. The van der Waals surface area contributed by atoms with Crippen LogP contribution in [0, 0.1) is 5.41 Å². The largest absolute Gasteiger partial charge is 0.313 e. The number of hydrogen-bond acceptors (Lipinski definition) is 1. The molecule has 1 aromatic carbocycles. The van der Waals surface area contributed by atoms with Crippen LogP contribution in [0.5, 0.6) is 0 Å². The smallest absolute Gasteiger partial charge is 0.0372 e. The van der Waals surface area contributed by atoms with E-state index < -0.39 is 0 Å². The van der Waals surface area contributed by atoms with Gasteiger partial charge in [0.1, 0.15) is 0 Å². The Morgan fingerprint density at radius 3 is 2.22 bits per heavy atom. The molecule has 1 aromatic rings. The van der Waals surface area contributed by atoms with E-state index in [0.29, 0.717) is 11.5 Å². The van der Waals surface area contributed by atoms with E-state index >= 15 is 0 Å². The van der Waals surface area contributed by atoms with Crippen molar-refractivity contribution in [2.24, 2.45) is 5.41 Å². The maximum absolute atomic E-state index is 3.57. The van der Waals surface area contributed by atoms with E-state index in [-0.39, 0.29) is 0 Å². The van der Waals surface area contributed by atoms with Crippen LogP contribution in [0.4, 0.5) is 0 Å².